The lowest BCUT2D eigenvalue weighted by Gasteiger charge is -2.28. The number of ether oxygens (including phenoxy) is 3. The maximum atomic E-state index is 5.76. The Morgan fingerprint density at radius 2 is 1.70 bits per heavy atom. The summed E-state index contributed by atoms with van der Waals surface area (Å²) in [5, 5.41) is 0. The third-order valence-electron chi connectivity index (χ3n) is 3.07. The van der Waals surface area contributed by atoms with Gasteiger partial charge >= 0.3 is 0 Å². The first kappa shape index (κ1) is 17.4. The third-order valence-corrected chi connectivity index (χ3v) is 3.60. The maximum absolute atomic E-state index is 5.76. The molecule has 0 heterocycles. The molecule has 0 N–H and O–H groups in total. The Morgan fingerprint density at radius 3 is 2.30 bits per heavy atom. The summed E-state index contributed by atoms with van der Waals surface area (Å²) in [6.45, 7) is 5.96. The van der Waals surface area contributed by atoms with Crippen molar-refractivity contribution < 1.29 is 14.2 Å². The molecule has 4 nitrogen and oxygen atoms in total. The molecule has 5 heteroatoms. The highest BCUT2D eigenvalue weighted by Crippen LogP contribution is 2.16. The second-order valence-electron chi connectivity index (χ2n) is 4.64. The van der Waals surface area contributed by atoms with Gasteiger partial charge in [-0.1, -0.05) is 15.9 Å². The van der Waals surface area contributed by atoms with Crippen molar-refractivity contribution in [1.82, 2.24) is 4.90 Å². The van der Waals surface area contributed by atoms with Crippen molar-refractivity contribution in [3.8, 4) is 5.75 Å². The molecule has 1 rings (SSSR count). The van der Waals surface area contributed by atoms with Gasteiger partial charge in [0.1, 0.15) is 12.4 Å². The van der Waals surface area contributed by atoms with Gasteiger partial charge in [-0.3, -0.25) is 4.90 Å². The lowest BCUT2D eigenvalue weighted by atomic mass is 10.3. The number of halogens is 1. The number of hydrogen-bond donors (Lipinski definition) is 0. The quantitative estimate of drug-likeness (QED) is 0.652. The smallest absolute Gasteiger partial charge is 0.119 e. The van der Waals surface area contributed by atoms with Crippen LogP contribution in [0.5, 0.6) is 5.75 Å². The van der Waals surface area contributed by atoms with Gasteiger partial charge in [0, 0.05) is 37.8 Å². The highest BCUT2D eigenvalue weighted by molar-refractivity contribution is 9.10. The van der Waals surface area contributed by atoms with E-state index in [0.29, 0.717) is 25.9 Å². The highest BCUT2D eigenvalue weighted by Gasteiger charge is 2.13. The summed E-state index contributed by atoms with van der Waals surface area (Å²) >= 11 is 3.41. The molecule has 1 atom stereocenters. The van der Waals surface area contributed by atoms with Gasteiger partial charge in [-0.15, -0.1) is 0 Å². The molecular weight excluding hydrogens is 322 g/mol. The van der Waals surface area contributed by atoms with Gasteiger partial charge < -0.3 is 14.2 Å². The molecule has 0 aliphatic carbocycles. The van der Waals surface area contributed by atoms with Crippen molar-refractivity contribution in [3.63, 3.8) is 0 Å². The highest BCUT2D eigenvalue weighted by atomic mass is 79.9. The molecule has 1 unspecified atom stereocenters. The lowest BCUT2D eigenvalue weighted by molar-refractivity contribution is 0.0661. The lowest BCUT2D eigenvalue weighted by Crippen LogP contribution is -2.41. The van der Waals surface area contributed by atoms with Crippen molar-refractivity contribution >= 4 is 15.9 Å². The Labute approximate surface area is 130 Å². The molecule has 0 spiro atoms. The number of benzene rings is 1. The van der Waals surface area contributed by atoms with Crippen LogP contribution in [0.3, 0.4) is 0 Å². The Hall–Kier alpha value is -0.620. The zero-order chi connectivity index (χ0) is 14.8. The van der Waals surface area contributed by atoms with Gasteiger partial charge in [-0.05, 0) is 31.2 Å². The zero-order valence-electron chi connectivity index (χ0n) is 12.5. The predicted octanol–water partition coefficient (Wildman–Crippen LogP) is 2.81. The number of hydrogen-bond acceptors (Lipinski definition) is 4. The maximum Gasteiger partial charge on any atom is 0.119 e. The zero-order valence-corrected chi connectivity index (χ0v) is 14.1. The van der Waals surface area contributed by atoms with Crippen LogP contribution in [0.1, 0.15) is 6.92 Å². The molecular formula is C15H24BrNO3. The van der Waals surface area contributed by atoms with Gasteiger partial charge in [0.2, 0.25) is 0 Å². The Morgan fingerprint density at radius 1 is 1.05 bits per heavy atom. The molecule has 114 valence electrons. The van der Waals surface area contributed by atoms with E-state index in [4.69, 9.17) is 14.2 Å². The topological polar surface area (TPSA) is 30.9 Å². The van der Waals surface area contributed by atoms with Crippen molar-refractivity contribution in [2.24, 2.45) is 0 Å². The predicted molar refractivity (Wildman–Crippen MR) is 84.4 cm³/mol. The molecule has 0 bridgehead atoms. The van der Waals surface area contributed by atoms with Crippen LogP contribution in [0.2, 0.25) is 0 Å². The minimum absolute atomic E-state index is 0.351. The summed E-state index contributed by atoms with van der Waals surface area (Å²) in [7, 11) is 3.45. The summed E-state index contributed by atoms with van der Waals surface area (Å²) in [5.41, 5.74) is 0. The summed E-state index contributed by atoms with van der Waals surface area (Å²) in [6, 6.07) is 8.23. The monoisotopic (exact) mass is 345 g/mol. The van der Waals surface area contributed by atoms with Crippen LogP contribution in [-0.4, -0.2) is 58.1 Å². The van der Waals surface area contributed by atoms with Gasteiger partial charge in [-0.2, -0.15) is 0 Å². The first-order valence-corrected chi connectivity index (χ1v) is 7.57. The van der Waals surface area contributed by atoms with E-state index >= 15 is 0 Å². The molecule has 0 amide bonds. The number of nitrogens with zero attached hydrogens (tertiary/aromatic N) is 1. The molecule has 0 saturated heterocycles. The van der Waals surface area contributed by atoms with Gasteiger partial charge in [0.15, 0.2) is 0 Å². The first-order chi connectivity index (χ1) is 9.67. The van der Waals surface area contributed by atoms with Gasteiger partial charge in [0.05, 0.1) is 13.2 Å². The van der Waals surface area contributed by atoms with E-state index in [9.17, 15) is 0 Å². The van der Waals surface area contributed by atoms with Crippen LogP contribution in [0, 0.1) is 0 Å². The minimum Gasteiger partial charge on any atom is -0.492 e. The van der Waals surface area contributed by atoms with Crippen molar-refractivity contribution in [1.29, 1.82) is 0 Å². The number of rotatable bonds is 10. The molecule has 0 aliphatic rings. The van der Waals surface area contributed by atoms with E-state index in [1.54, 1.807) is 14.2 Å². The van der Waals surface area contributed by atoms with Gasteiger partial charge in [-0.25, -0.2) is 0 Å². The molecule has 0 aromatic heterocycles. The molecule has 0 saturated carbocycles. The number of methoxy groups -OCH3 is 2. The van der Waals surface area contributed by atoms with Crippen LogP contribution in [-0.2, 0) is 9.47 Å². The van der Waals surface area contributed by atoms with Crippen LogP contribution in [0.25, 0.3) is 0 Å². The fraction of sp³-hybridized carbons (Fsp3) is 0.600. The summed E-state index contributed by atoms with van der Waals surface area (Å²) in [6.07, 6.45) is 0. The molecule has 1 aromatic carbocycles. The SMILES string of the molecule is COCCN(CCOc1ccc(Br)cc1)C(C)COC. The molecule has 0 radical (unpaired) electrons. The second kappa shape index (κ2) is 10.2. The van der Waals surface area contributed by atoms with Crippen LogP contribution >= 0.6 is 15.9 Å². The molecule has 0 fully saturated rings. The average molecular weight is 346 g/mol. The largest absolute Gasteiger partial charge is 0.492 e. The normalized spacial score (nSPS) is 12.7. The fourth-order valence-electron chi connectivity index (χ4n) is 1.92. The molecule has 0 aliphatic heterocycles. The second-order valence-corrected chi connectivity index (χ2v) is 5.55. The van der Waals surface area contributed by atoms with Crippen LogP contribution in [0.15, 0.2) is 28.7 Å². The van der Waals surface area contributed by atoms with Crippen molar-refractivity contribution in [3.05, 3.63) is 28.7 Å². The van der Waals surface area contributed by atoms with E-state index in [2.05, 4.69) is 27.8 Å². The van der Waals surface area contributed by atoms with Crippen molar-refractivity contribution in [2.45, 2.75) is 13.0 Å². The molecule has 1 aromatic rings. The molecule has 20 heavy (non-hydrogen) atoms. The van der Waals surface area contributed by atoms with Crippen LogP contribution < -0.4 is 4.74 Å². The Bertz CT molecular complexity index is 359. The van der Waals surface area contributed by atoms with E-state index < -0.39 is 0 Å². The fourth-order valence-corrected chi connectivity index (χ4v) is 2.18. The van der Waals surface area contributed by atoms with E-state index in [0.717, 1.165) is 23.3 Å². The standard InChI is InChI=1S/C15H24BrNO3/c1-13(12-19-3)17(8-10-18-2)9-11-20-15-6-4-14(16)5-7-15/h4-7,13H,8-12H2,1-3H3. The van der Waals surface area contributed by atoms with Crippen LogP contribution in [0.4, 0.5) is 0 Å². The van der Waals surface area contributed by atoms with E-state index in [1.807, 2.05) is 24.3 Å². The summed E-state index contributed by atoms with van der Waals surface area (Å²) in [5.74, 6) is 0.888. The average Bonchev–Trinajstić information content (AvgIpc) is 2.44. The van der Waals surface area contributed by atoms with E-state index in [1.165, 1.54) is 0 Å². The van der Waals surface area contributed by atoms with E-state index in [-0.39, 0.29) is 0 Å². The Balaban J connectivity index is 2.38. The van der Waals surface area contributed by atoms with Crippen molar-refractivity contribution in [2.75, 3.05) is 47.1 Å². The van der Waals surface area contributed by atoms with Gasteiger partial charge in [0.25, 0.3) is 0 Å². The Kier molecular flexibility index (Phi) is 8.85. The summed E-state index contributed by atoms with van der Waals surface area (Å²) in [4.78, 5) is 2.31. The first-order valence-electron chi connectivity index (χ1n) is 6.77. The summed E-state index contributed by atoms with van der Waals surface area (Å²) < 4.78 is 17.2. The third kappa shape index (κ3) is 6.70. The minimum atomic E-state index is 0.351.